The molecular formula is C7H13NO4. The Labute approximate surface area is 70.4 Å². The molecule has 1 unspecified atom stereocenters. The highest BCUT2D eigenvalue weighted by molar-refractivity contribution is 5.74. The number of nitrogens with two attached hydrogens (primary N) is 1. The molecule has 0 bridgehead atoms. The molecule has 12 heavy (non-hydrogen) atoms. The predicted octanol–water partition coefficient (Wildman–Crippen LogP) is -0.689. The van der Waals surface area contributed by atoms with Gasteiger partial charge in [-0.05, 0) is 0 Å². The number of primary amides is 1. The van der Waals surface area contributed by atoms with Crippen LogP contribution < -0.4 is 5.73 Å². The van der Waals surface area contributed by atoms with Gasteiger partial charge in [-0.3, -0.25) is 4.79 Å². The summed E-state index contributed by atoms with van der Waals surface area (Å²) in [7, 11) is 0. The van der Waals surface area contributed by atoms with Gasteiger partial charge in [-0.15, -0.1) is 0 Å². The highest BCUT2D eigenvalue weighted by Gasteiger charge is 2.06. The molecule has 0 rings (SSSR count). The minimum Gasteiger partial charge on any atom is -0.513 e. The summed E-state index contributed by atoms with van der Waals surface area (Å²) in [6, 6.07) is 0. The van der Waals surface area contributed by atoms with Gasteiger partial charge in [0.2, 0.25) is 5.91 Å². The molecule has 0 aromatic rings. The molecule has 0 radical (unpaired) electrons. The van der Waals surface area contributed by atoms with Crippen LogP contribution in [0, 0.1) is 0 Å². The van der Waals surface area contributed by atoms with Crippen molar-refractivity contribution in [2.75, 3.05) is 13.2 Å². The standard InChI is InChI=1S/C7H13NO4/c1-5(9)2-6(10)3-12-4-7(8)11/h6,9-10H,1-4H2,(H2,8,11). The van der Waals surface area contributed by atoms with Crippen molar-refractivity contribution in [3.63, 3.8) is 0 Å². The molecule has 5 nitrogen and oxygen atoms in total. The van der Waals surface area contributed by atoms with Crippen LogP contribution in [0.5, 0.6) is 0 Å². The topological polar surface area (TPSA) is 92.8 Å². The minimum absolute atomic E-state index is 0.0392. The van der Waals surface area contributed by atoms with Gasteiger partial charge < -0.3 is 20.7 Å². The molecule has 0 aliphatic carbocycles. The smallest absolute Gasteiger partial charge is 0.243 e. The van der Waals surface area contributed by atoms with Crippen molar-refractivity contribution in [1.82, 2.24) is 0 Å². The third kappa shape index (κ3) is 7.04. The lowest BCUT2D eigenvalue weighted by Crippen LogP contribution is -2.23. The average Bonchev–Trinajstić information content (AvgIpc) is 1.84. The van der Waals surface area contributed by atoms with Crippen LogP contribution in [0.2, 0.25) is 0 Å². The number of hydrogen-bond donors (Lipinski definition) is 3. The van der Waals surface area contributed by atoms with Crippen LogP contribution in [0.3, 0.4) is 0 Å². The van der Waals surface area contributed by atoms with Crippen molar-refractivity contribution < 1.29 is 19.7 Å². The van der Waals surface area contributed by atoms with E-state index in [1.807, 2.05) is 0 Å². The molecule has 4 N–H and O–H groups in total. The molecule has 0 aromatic heterocycles. The fraction of sp³-hybridized carbons (Fsp3) is 0.571. The highest BCUT2D eigenvalue weighted by Crippen LogP contribution is 1.99. The molecule has 1 atom stereocenters. The van der Waals surface area contributed by atoms with E-state index >= 15 is 0 Å². The zero-order valence-electron chi connectivity index (χ0n) is 6.69. The van der Waals surface area contributed by atoms with E-state index in [1.54, 1.807) is 0 Å². The zero-order valence-corrected chi connectivity index (χ0v) is 6.69. The Kier molecular flexibility index (Phi) is 5.07. The van der Waals surface area contributed by atoms with Gasteiger partial charge in [-0.2, -0.15) is 0 Å². The van der Waals surface area contributed by atoms with Gasteiger partial charge in [0.1, 0.15) is 6.61 Å². The minimum atomic E-state index is -0.846. The van der Waals surface area contributed by atoms with Crippen LogP contribution in [0.25, 0.3) is 0 Å². The van der Waals surface area contributed by atoms with E-state index in [4.69, 9.17) is 15.9 Å². The van der Waals surface area contributed by atoms with Crippen molar-refractivity contribution in [1.29, 1.82) is 0 Å². The second-order valence-corrected chi connectivity index (χ2v) is 2.41. The van der Waals surface area contributed by atoms with E-state index in [-0.39, 0.29) is 25.4 Å². The maximum absolute atomic E-state index is 10.2. The third-order valence-corrected chi connectivity index (χ3v) is 1.03. The molecule has 70 valence electrons. The van der Waals surface area contributed by atoms with Crippen molar-refractivity contribution in [3.8, 4) is 0 Å². The molecule has 1 amide bonds. The Morgan fingerprint density at radius 1 is 1.67 bits per heavy atom. The summed E-state index contributed by atoms with van der Waals surface area (Å²) in [6.07, 6.45) is -0.805. The number of aliphatic hydroxyl groups excluding tert-OH is 2. The number of carbonyl (C=O) groups excluding carboxylic acids is 1. The molecule has 0 aromatic carbocycles. The lowest BCUT2D eigenvalue weighted by atomic mass is 10.2. The summed E-state index contributed by atoms with van der Waals surface area (Å²) in [5.41, 5.74) is 4.77. The van der Waals surface area contributed by atoms with E-state index in [9.17, 15) is 4.79 Å². The molecular weight excluding hydrogens is 162 g/mol. The summed E-state index contributed by atoms with van der Waals surface area (Å²) in [5.74, 6) is -0.713. The first-order valence-electron chi connectivity index (χ1n) is 3.43. The summed E-state index contributed by atoms with van der Waals surface area (Å²) in [5, 5.41) is 17.7. The first-order chi connectivity index (χ1) is 5.52. The number of carbonyl (C=O) groups is 1. The van der Waals surface area contributed by atoms with Crippen LogP contribution in [0.15, 0.2) is 12.3 Å². The van der Waals surface area contributed by atoms with E-state index in [0.29, 0.717) is 0 Å². The predicted molar refractivity (Wildman–Crippen MR) is 42.4 cm³/mol. The van der Waals surface area contributed by atoms with Crippen molar-refractivity contribution in [2.24, 2.45) is 5.73 Å². The summed E-state index contributed by atoms with van der Waals surface area (Å²) in [4.78, 5) is 10.2. The van der Waals surface area contributed by atoms with Gasteiger partial charge >= 0.3 is 0 Å². The second-order valence-electron chi connectivity index (χ2n) is 2.41. The van der Waals surface area contributed by atoms with Crippen LogP contribution in [-0.2, 0) is 9.53 Å². The second kappa shape index (κ2) is 5.56. The monoisotopic (exact) mass is 175 g/mol. The highest BCUT2D eigenvalue weighted by atomic mass is 16.5. The van der Waals surface area contributed by atoms with Gasteiger partial charge in [-0.1, -0.05) is 6.58 Å². The third-order valence-electron chi connectivity index (χ3n) is 1.03. The van der Waals surface area contributed by atoms with Gasteiger partial charge in [0.15, 0.2) is 0 Å². The lowest BCUT2D eigenvalue weighted by Gasteiger charge is -2.08. The molecule has 0 heterocycles. The number of amides is 1. The van der Waals surface area contributed by atoms with E-state index in [2.05, 4.69) is 11.3 Å². The van der Waals surface area contributed by atoms with Gasteiger partial charge in [0.25, 0.3) is 0 Å². The summed E-state index contributed by atoms with van der Waals surface area (Å²) >= 11 is 0. The van der Waals surface area contributed by atoms with Crippen LogP contribution in [0.4, 0.5) is 0 Å². The van der Waals surface area contributed by atoms with E-state index < -0.39 is 12.0 Å². The van der Waals surface area contributed by atoms with E-state index in [0.717, 1.165) is 0 Å². The average molecular weight is 175 g/mol. The molecule has 0 spiro atoms. The number of aliphatic hydroxyl groups is 2. The number of ether oxygens (including phenoxy) is 1. The van der Waals surface area contributed by atoms with Crippen LogP contribution in [0.1, 0.15) is 6.42 Å². The maximum Gasteiger partial charge on any atom is 0.243 e. The first-order valence-corrected chi connectivity index (χ1v) is 3.43. The Balaban J connectivity index is 3.37. The van der Waals surface area contributed by atoms with Gasteiger partial charge in [0.05, 0.1) is 18.5 Å². The van der Waals surface area contributed by atoms with Gasteiger partial charge in [-0.25, -0.2) is 0 Å². The lowest BCUT2D eigenvalue weighted by molar-refractivity contribution is -0.123. The molecule has 0 saturated heterocycles. The molecule has 5 heteroatoms. The van der Waals surface area contributed by atoms with E-state index in [1.165, 1.54) is 0 Å². The Bertz CT molecular complexity index is 169. The Hall–Kier alpha value is -1.07. The zero-order chi connectivity index (χ0) is 9.56. The molecule has 0 fully saturated rings. The van der Waals surface area contributed by atoms with Crippen LogP contribution >= 0.6 is 0 Å². The molecule has 0 aliphatic rings. The first kappa shape index (κ1) is 10.9. The summed E-state index contributed by atoms with van der Waals surface area (Å²) < 4.78 is 4.68. The maximum atomic E-state index is 10.2. The largest absolute Gasteiger partial charge is 0.513 e. The fourth-order valence-electron chi connectivity index (χ4n) is 0.626. The normalized spacial score (nSPS) is 12.4. The Morgan fingerprint density at radius 2 is 2.25 bits per heavy atom. The van der Waals surface area contributed by atoms with Crippen molar-refractivity contribution in [2.45, 2.75) is 12.5 Å². The number of hydrogen-bond acceptors (Lipinski definition) is 4. The molecule has 0 aliphatic heterocycles. The molecule has 0 saturated carbocycles. The van der Waals surface area contributed by atoms with Crippen molar-refractivity contribution >= 4 is 5.91 Å². The van der Waals surface area contributed by atoms with Gasteiger partial charge in [0, 0.05) is 6.42 Å². The number of rotatable bonds is 6. The fourth-order valence-corrected chi connectivity index (χ4v) is 0.626. The summed E-state index contributed by atoms with van der Waals surface area (Å²) in [6.45, 7) is 2.92. The van der Waals surface area contributed by atoms with Crippen molar-refractivity contribution in [3.05, 3.63) is 12.3 Å². The van der Waals surface area contributed by atoms with Crippen LogP contribution in [-0.4, -0.2) is 35.4 Å². The SMILES string of the molecule is C=C(O)CC(O)COCC(N)=O. The quantitative estimate of drug-likeness (QED) is 0.466. The Morgan fingerprint density at radius 3 is 2.67 bits per heavy atom.